The highest BCUT2D eigenvalue weighted by molar-refractivity contribution is 6.39. The summed E-state index contributed by atoms with van der Waals surface area (Å²) in [4.78, 5) is 14.0. The van der Waals surface area contributed by atoms with Crippen molar-refractivity contribution in [1.82, 2.24) is 0 Å². The van der Waals surface area contributed by atoms with Crippen molar-refractivity contribution in [3.8, 4) is 0 Å². The average Bonchev–Trinajstić information content (AvgIpc) is 2.29. The summed E-state index contributed by atoms with van der Waals surface area (Å²) in [6.45, 7) is 0. The predicted molar refractivity (Wildman–Crippen MR) is 74.6 cm³/mol. The number of ketones is 1. The van der Waals surface area contributed by atoms with Gasteiger partial charge in [0.2, 0.25) is 0 Å². The number of anilines is 1. The third-order valence-corrected chi connectivity index (χ3v) is 4.59. The molecule has 1 aromatic rings. The van der Waals surface area contributed by atoms with Crippen molar-refractivity contribution in [1.29, 1.82) is 0 Å². The number of Topliss-reactive ketones (excluding diaryl/α,β-unsaturated/α-hetero) is 1. The molecule has 2 aliphatic rings. The van der Waals surface area contributed by atoms with Gasteiger partial charge in [-0.25, -0.2) is 0 Å². The minimum Gasteiger partial charge on any atom is -0.362 e. The molecule has 0 N–H and O–H groups in total. The molecular weight excluding hydrogens is 269 g/mol. The van der Waals surface area contributed by atoms with Crippen LogP contribution in [0.4, 0.5) is 5.69 Å². The van der Waals surface area contributed by atoms with Crippen molar-refractivity contribution in [3.63, 3.8) is 0 Å². The number of carbonyl (C=O) groups is 1. The molecule has 0 radical (unpaired) electrons. The summed E-state index contributed by atoms with van der Waals surface area (Å²) < 4.78 is 0. The van der Waals surface area contributed by atoms with Gasteiger partial charge < -0.3 is 4.90 Å². The standard InChI is InChI=1S/C14H15Cl2NO/c15-12-5-2-6-13(16)14(12)17-9-3-1-4-10(17)8-11(18)7-9/h2,5-6,9-10H,1,3-4,7-8H2. The van der Waals surface area contributed by atoms with E-state index in [0.717, 1.165) is 18.5 Å². The Morgan fingerprint density at radius 2 is 1.61 bits per heavy atom. The molecule has 2 unspecified atom stereocenters. The van der Waals surface area contributed by atoms with Crippen molar-refractivity contribution in [2.24, 2.45) is 0 Å². The van der Waals surface area contributed by atoms with Gasteiger partial charge in [0.25, 0.3) is 0 Å². The fourth-order valence-electron chi connectivity index (χ4n) is 3.28. The lowest BCUT2D eigenvalue weighted by atomic mass is 9.83. The number of hydrogen-bond donors (Lipinski definition) is 0. The van der Waals surface area contributed by atoms with Gasteiger partial charge in [0, 0.05) is 24.9 Å². The topological polar surface area (TPSA) is 20.3 Å². The Labute approximate surface area is 117 Å². The van der Waals surface area contributed by atoms with Crippen LogP contribution in [0.3, 0.4) is 0 Å². The number of halogens is 2. The summed E-state index contributed by atoms with van der Waals surface area (Å²) in [6.07, 6.45) is 4.59. The van der Waals surface area contributed by atoms with Crippen LogP contribution in [0.25, 0.3) is 0 Å². The third-order valence-electron chi connectivity index (χ3n) is 3.98. The van der Waals surface area contributed by atoms with E-state index in [1.54, 1.807) is 0 Å². The van der Waals surface area contributed by atoms with Crippen molar-refractivity contribution >= 4 is 34.7 Å². The predicted octanol–water partition coefficient (Wildman–Crippen LogP) is 4.08. The summed E-state index contributed by atoms with van der Waals surface area (Å²) in [6, 6.07) is 6.16. The molecule has 4 heteroatoms. The number of rotatable bonds is 1. The lowest BCUT2D eigenvalue weighted by Crippen LogP contribution is -2.52. The van der Waals surface area contributed by atoms with E-state index in [0.29, 0.717) is 28.7 Å². The average molecular weight is 284 g/mol. The van der Waals surface area contributed by atoms with Gasteiger partial charge in [-0.2, -0.15) is 0 Å². The number of carbonyl (C=O) groups excluding carboxylic acids is 1. The van der Waals surface area contributed by atoms with Gasteiger partial charge in [0.15, 0.2) is 0 Å². The van der Waals surface area contributed by atoms with E-state index in [2.05, 4.69) is 4.90 Å². The molecule has 0 aromatic heterocycles. The molecule has 2 bridgehead atoms. The molecule has 2 aliphatic heterocycles. The smallest absolute Gasteiger partial charge is 0.137 e. The van der Waals surface area contributed by atoms with Gasteiger partial charge in [0.05, 0.1) is 15.7 Å². The minimum atomic E-state index is 0.280. The van der Waals surface area contributed by atoms with Crippen LogP contribution in [0.2, 0.25) is 10.0 Å². The van der Waals surface area contributed by atoms with E-state index in [4.69, 9.17) is 23.2 Å². The van der Waals surface area contributed by atoms with Crippen LogP contribution < -0.4 is 4.90 Å². The molecule has 1 aromatic carbocycles. The van der Waals surface area contributed by atoms with Crippen LogP contribution in [0.5, 0.6) is 0 Å². The highest BCUT2D eigenvalue weighted by Gasteiger charge is 2.39. The largest absolute Gasteiger partial charge is 0.362 e. The van der Waals surface area contributed by atoms with E-state index >= 15 is 0 Å². The molecule has 0 saturated carbocycles. The SMILES string of the molecule is O=C1CC2CCCC(C1)N2c1c(Cl)cccc1Cl. The van der Waals surface area contributed by atoms with Gasteiger partial charge in [-0.1, -0.05) is 29.3 Å². The van der Waals surface area contributed by atoms with E-state index in [1.807, 2.05) is 18.2 Å². The molecule has 0 aliphatic carbocycles. The quantitative estimate of drug-likeness (QED) is 0.774. The zero-order chi connectivity index (χ0) is 12.7. The van der Waals surface area contributed by atoms with Gasteiger partial charge in [-0.15, -0.1) is 0 Å². The Morgan fingerprint density at radius 3 is 2.17 bits per heavy atom. The number of hydrogen-bond acceptors (Lipinski definition) is 2. The highest BCUT2D eigenvalue weighted by atomic mass is 35.5. The lowest BCUT2D eigenvalue weighted by molar-refractivity contribution is -0.121. The Kier molecular flexibility index (Phi) is 3.25. The zero-order valence-corrected chi connectivity index (χ0v) is 11.5. The fraction of sp³-hybridized carbons (Fsp3) is 0.500. The van der Waals surface area contributed by atoms with Crippen molar-refractivity contribution in [2.75, 3.05) is 4.90 Å². The molecule has 0 spiro atoms. The Morgan fingerprint density at radius 1 is 1.06 bits per heavy atom. The van der Waals surface area contributed by atoms with Crippen LogP contribution in [-0.4, -0.2) is 17.9 Å². The highest BCUT2D eigenvalue weighted by Crippen LogP contribution is 2.42. The first-order valence-corrected chi connectivity index (χ1v) is 7.16. The number of piperidine rings is 2. The maximum absolute atomic E-state index is 11.7. The molecule has 96 valence electrons. The summed E-state index contributed by atoms with van der Waals surface area (Å²) in [5.41, 5.74) is 0.919. The molecule has 2 heterocycles. The maximum Gasteiger partial charge on any atom is 0.137 e. The zero-order valence-electron chi connectivity index (χ0n) is 10.0. The Balaban J connectivity index is 2.03. The Hall–Kier alpha value is -0.730. The number of nitrogens with zero attached hydrogens (tertiary/aromatic N) is 1. The second kappa shape index (κ2) is 4.75. The van der Waals surface area contributed by atoms with E-state index in [9.17, 15) is 4.79 Å². The van der Waals surface area contributed by atoms with E-state index in [1.165, 1.54) is 6.42 Å². The second-order valence-electron chi connectivity index (χ2n) is 5.16. The fourth-order valence-corrected chi connectivity index (χ4v) is 3.87. The Bertz CT molecular complexity index is 452. The number of fused-ring (bicyclic) bond motifs is 2. The minimum absolute atomic E-state index is 0.280. The normalized spacial score (nSPS) is 27.4. The van der Waals surface area contributed by atoms with Crippen LogP contribution in [0, 0.1) is 0 Å². The summed E-state index contributed by atoms with van der Waals surface area (Å²) in [7, 11) is 0. The van der Waals surface area contributed by atoms with Crippen molar-refractivity contribution in [3.05, 3.63) is 28.2 Å². The molecule has 18 heavy (non-hydrogen) atoms. The first-order chi connectivity index (χ1) is 8.66. The lowest BCUT2D eigenvalue weighted by Gasteiger charge is -2.47. The third kappa shape index (κ3) is 2.02. The summed E-state index contributed by atoms with van der Waals surface area (Å²) >= 11 is 12.6. The number of benzene rings is 1. The van der Waals surface area contributed by atoms with Gasteiger partial charge in [-0.3, -0.25) is 4.79 Å². The van der Waals surface area contributed by atoms with Crippen LogP contribution in [-0.2, 0) is 4.79 Å². The second-order valence-corrected chi connectivity index (χ2v) is 5.98. The summed E-state index contributed by atoms with van der Waals surface area (Å²) in [5.74, 6) is 0.379. The monoisotopic (exact) mass is 283 g/mol. The van der Waals surface area contributed by atoms with Gasteiger partial charge >= 0.3 is 0 Å². The molecule has 2 nitrogen and oxygen atoms in total. The van der Waals surface area contributed by atoms with Crippen molar-refractivity contribution in [2.45, 2.75) is 44.2 Å². The molecule has 3 rings (SSSR count). The van der Waals surface area contributed by atoms with Gasteiger partial charge in [0.1, 0.15) is 5.78 Å². The van der Waals surface area contributed by atoms with Crippen LogP contribution >= 0.6 is 23.2 Å². The summed E-state index contributed by atoms with van der Waals surface area (Å²) in [5, 5.41) is 1.38. The van der Waals surface area contributed by atoms with Crippen LogP contribution in [0.15, 0.2) is 18.2 Å². The molecule has 0 amide bonds. The van der Waals surface area contributed by atoms with Crippen LogP contribution in [0.1, 0.15) is 32.1 Å². The van der Waals surface area contributed by atoms with E-state index < -0.39 is 0 Å². The molecule has 2 saturated heterocycles. The maximum atomic E-state index is 11.7. The number of para-hydroxylation sites is 1. The molecular formula is C14H15Cl2NO. The first kappa shape index (κ1) is 12.3. The molecule has 2 fully saturated rings. The molecule has 2 atom stereocenters. The van der Waals surface area contributed by atoms with Gasteiger partial charge in [-0.05, 0) is 31.4 Å². The van der Waals surface area contributed by atoms with Crippen molar-refractivity contribution < 1.29 is 4.79 Å². The first-order valence-electron chi connectivity index (χ1n) is 6.41. The van der Waals surface area contributed by atoms with E-state index in [-0.39, 0.29) is 12.1 Å².